The molecule has 0 aromatic heterocycles. The first kappa shape index (κ1) is 21.3. The molecule has 3 aromatic rings. The van der Waals surface area contributed by atoms with Gasteiger partial charge >= 0.3 is 0 Å². The number of ether oxygens (including phenoxy) is 1. The number of fused-ring (bicyclic) bond motifs is 1. The summed E-state index contributed by atoms with van der Waals surface area (Å²) in [7, 11) is 1.65. The Morgan fingerprint density at radius 2 is 1.56 bits per heavy atom. The fourth-order valence-electron chi connectivity index (χ4n) is 3.70. The van der Waals surface area contributed by atoms with Gasteiger partial charge in [-0.05, 0) is 29.3 Å². The number of amides is 2. The van der Waals surface area contributed by atoms with Crippen molar-refractivity contribution in [2.75, 3.05) is 18.6 Å². The number of hydrogen-bond acceptors (Lipinski definition) is 4. The molecule has 0 saturated heterocycles. The first-order chi connectivity index (χ1) is 15.5. The van der Waals surface area contributed by atoms with Gasteiger partial charge in [-0.25, -0.2) is 0 Å². The standard InChI is InChI=1S/C26H24N2O4/c1-28-21-16-20(12-14-23(21)32-17-25(28)31)22(29)13-15-24(30)27-26(18-8-4-2-5-9-18)19-10-6-3-7-11-19/h2-12,14,16,26H,13,15,17H2,1H3,(H,27,30). The summed E-state index contributed by atoms with van der Waals surface area (Å²) in [4.78, 5) is 38.8. The van der Waals surface area contributed by atoms with Crippen LogP contribution in [-0.2, 0) is 9.59 Å². The molecule has 0 atom stereocenters. The zero-order valence-corrected chi connectivity index (χ0v) is 17.8. The SMILES string of the molecule is CN1C(=O)COc2ccc(C(=O)CCC(=O)NC(c3ccccc3)c3ccccc3)cc21. The summed E-state index contributed by atoms with van der Waals surface area (Å²) in [6.07, 6.45) is 0.136. The van der Waals surface area contributed by atoms with E-state index in [9.17, 15) is 14.4 Å². The topological polar surface area (TPSA) is 75.7 Å². The average Bonchev–Trinajstić information content (AvgIpc) is 2.84. The largest absolute Gasteiger partial charge is 0.482 e. The predicted molar refractivity (Wildman–Crippen MR) is 122 cm³/mol. The van der Waals surface area contributed by atoms with E-state index in [1.807, 2.05) is 60.7 Å². The lowest BCUT2D eigenvalue weighted by Crippen LogP contribution is -2.35. The van der Waals surface area contributed by atoms with Crippen molar-refractivity contribution >= 4 is 23.3 Å². The van der Waals surface area contributed by atoms with E-state index in [1.165, 1.54) is 4.90 Å². The second kappa shape index (κ2) is 9.47. The van der Waals surface area contributed by atoms with Crippen molar-refractivity contribution in [1.29, 1.82) is 0 Å². The Hall–Kier alpha value is -3.93. The van der Waals surface area contributed by atoms with Crippen LogP contribution in [0.15, 0.2) is 78.9 Å². The minimum absolute atomic E-state index is 0.0129. The molecule has 0 unspecified atom stereocenters. The van der Waals surface area contributed by atoms with Crippen molar-refractivity contribution < 1.29 is 19.1 Å². The Labute approximate surface area is 186 Å². The quantitative estimate of drug-likeness (QED) is 0.579. The van der Waals surface area contributed by atoms with E-state index >= 15 is 0 Å². The molecule has 6 nitrogen and oxygen atoms in total. The molecule has 6 heteroatoms. The Balaban J connectivity index is 1.43. The van der Waals surface area contributed by atoms with Crippen LogP contribution >= 0.6 is 0 Å². The number of Topliss-reactive ketones (excluding diaryl/α,β-unsaturated/α-hetero) is 1. The summed E-state index contributed by atoms with van der Waals surface area (Å²) in [5.74, 6) is 0.0271. The first-order valence-electron chi connectivity index (χ1n) is 10.5. The summed E-state index contributed by atoms with van der Waals surface area (Å²) in [6, 6.07) is 24.2. The third kappa shape index (κ3) is 4.70. The van der Waals surface area contributed by atoms with Gasteiger partial charge in [0.2, 0.25) is 5.91 Å². The first-order valence-corrected chi connectivity index (χ1v) is 10.5. The molecular formula is C26H24N2O4. The van der Waals surface area contributed by atoms with Gasteiger partial charge in [-0.15, -0.1) is 0 Å². The third-order valence-corrected chi connectivity index (χ3v) is 5.52. The van der Waals surface area contributed by atoms with Gasteiger partial charge in [-0.3, -0.25) is 14.4 Å². The number of carbonyl (C=O) groups is 3. The molecule has 1 N–H and O–H groups in total. The fourth-order valence-corrected chi connectivity index (χ4v) is 3.70. The minimum Gasteiger partial charge on any atom is -0.482 e. The number of rotatable bonds is 7. The monoisotopic (exact) mass is 428 g/mol. The van der Waals surface area contributed by atoms with Gasteiger partial charge in [-0.1, -0.05) is 60.7 Å². The molecule has 0 spiro atoms. The van der Waals surface area contributed by atoms with Crippen LogP contribution < -0.4 is 15.0 Å². The van der Waals surface area contributed by atoms with Gasteiger partial charge in [0.15, 0.2) is 12.4 Å². The fraction of sp³-hybridized carbons (Fsp3) is 0.192. The number of nitrogens with zero attached hydrogens (tertiary/aromatic N) is 1. The second-order valence-electron chi connectivity index (χ2n) is 7.67. The highest BCUT2D eigenvalue weighted by molar-refractivity contribution is 6.02. The number of benzene rings is 3. The lowest BCUT2D eigenvalue weighted by atomic mass is 9.98. The van der Waals surface area contributed by atoms with E-state index < -0.39 is 0 Å². The van der Waals surface area contributed by atoms with Crippen LogP contribution in [0.1, 0.15) is 40.4 Å². The Bertz CT molecular complexity index is 1090. The highest BCUT2D eigenvalue weighted by Gasteiger charge is 2.24. The van der Waals surface area contributed by atoms with Gasteiger partial charge in [0.1, 0.15) is 5.75 Å². The van der Waals surface area contributed by atoms with Crippen LogP contribution in [-0.4, -0.2) is 31.3 Å². The second-order valence-corrected chi connectivity index (χ2v) is 7.67. The Kier molecular flexibility index (Phi) is 6.31. The molecular weight excluding hydrogens is 404 g/mol. The van der Waals surface area contributed by atoms with Gasteiger partial charge in [-0.2, -0.15) is 0 Å². The molecule has 1 aliphatic rings. The van der Waals surface area contributed by atoms with E-state index in [-0.39, 0.29) is 43.1 Å². The van der Waals surface area contributed by atoms with Gasteiger partial charge < -0.3 is 15.0 Å². The molecule has 0 aliphatic carbocycles. The summed E-state index contributed by atoms with van der Waals surface area (Å²) >= 11 is 0. The molecule has 4 rings (SSSR count). The molecule has 0 radical (unpaired) electrons. The van der Waals surface area contributed by atoms with Crippen LogP contribution in [0.3, 0.4) is 0 Å². The van der Waals surface area contributed by atoms with Crippen LogP contribution in [0, 0.1) is 0 Å². The van der Waals surface area contributed by atoms with E-state index in [4.69, 9.17) is 4.74 Å². The highest BCUT2D eigenvalue weighted by Crippen LogP contribution is 2.32. The number of likely N-dealkylation sites (N-methyl/N-ethyl adjacent to an activating group) is 1. The average molecular weight is 428 g/mol. The maximum atomic E-state index is 12.7. The van der Waals surface area contributed by atoms with Crippen LogP contribution in [0.25, 0.3) is 0 Å². The molecule has 1 aliphatic heterocycles. The van der Waals surface area contributed by atoms with Crippen molar-refractivity contribution in [2.45, 2.75) is 18.9 Å². The maximum absolute atomic E-state index is 12.7. The molecule has 162 valence electrons. The summed E-state index contributed by atoms with van der Waals surface area (Å²) in [5.41, 5.74) is 2.95. The maximum Gasteiger partial charge on any atom is 0.264 e. The molecule has 0 saturated carbocycles. The number of anilines is 1. The Morgan fingerprint density at radius 3 is 2.19 bits per heavy atom. The number of ketones is 1. The van der Waals surface area contributed by atoms with Crippen LogP contribution in [0.2, 0.25) is 0 Å². The molecule has 1 heterocycles. The number of hydrogen-bond donors (Lipinski definition) is 1. The van der Waals surface area contributed by atoms with Gasteiger partial charge in [0.05, 0.1) is 11.7 Å². The van der Waals surface area contributed by atoms with Gasteiger partial charge in [0.25, 0.3) is 5.91 Å². The molecule has 0 fully saturated rings. The van der Waals surface area contributed by atoms with Crippen molar-refractivity contribution in [3.63, 3.8) is 0 Å². The zero-order chi connectivity index (χ0) is 22.5. The third-order valence-electron chi connectivity index (χ3n) is 5.52. The normalized spacial score (nSPS) is 12.8. The van der Waals surface area contributed by atoms with Crippen molar-refractivity contribution in [2.24, 2.45) is 0 Å². The molecule has 0 bridgehead atoms. The van der Waals surface area contributed by atoms with Gasteiger partial charge in [0, 0.05) is 25.5 Å². The zero-order valence-electron chi connectivity index (χ0n) is 17.8. The van der Waals surface area contributed by atoms with Crippen molar-refractivity contribution in [1.82, 2.24) is 5.32 Å². The van der Waals surface area contributed by atoms with Crippen LogP contribution in [0.4, 0.5) is 5.69 Å². The number of carbonyl (C=O) groups excluding carboxylic acids is 3. The summed E-state index contributed by atoms with van der Waals surface area (Å²) in [5, 5.41) is 3.06. The lowest BCUT2D eigenvalue weighted by Gasteiger charge is -2.26. The summed E-state index contributed by atoms with van der Waals surface area (Å²) < 4.78 is 5.40. The summed E-state index contributed by atoms with van der Waals surface area (Å²) in [6.45, 7) is -0.0129. The molecule has 32 heavy (non-hydrogen) atoms. The smallest absolute Gasteiger partial charge is 0.264 e. The van der Waals surface area contributed by atoms with Crippen molar-refractivity contribution in [3.05, 3.63) is 95.6 Å². The predicted octanol–water partition coefficient (Wildman–Crippen LogP) is 3.91. The molecule has 2 amide bonds. The van der Waals surface area contributed by atoms with E-state index in [0.29, 0.717) is 17.0 Å². The number of nitrogens with one attached hydrogen (secondary N) is 1. The molecule has 3 aromatic carbocycles. The van der Waals surface area contributed by atoms with E-state index in [2.05, 4.69) is 5.32 Å². The Morgan fingerprint density at radius 1 is 0.938 bits per heavy atom. The lowest BCUT2D eigenvalue weighted by molar-refractivity contribution is -0.122. The van der Waals surface area contributed by atoms with E-state index in [1.54, 1.807) is 25.2 Å². The minimum atomic E-state index is -0.291. The highest BCUT2D eigenvalue weighted by atomic mass is 16.5. The van der Waals surface area contributed by atoms with Crippen molar-refractivity contribution in [3.8, 4) is 5.75 Å². The van der Waals surface area contributed by atoms with Crippen LogP contribution in [0.5, 0.6) is 5.75 Å². The van der Waals surface area contributed by atoms with E-state index in [0.717, 1.165) is 11.1 Å².